The molecule has 0 bridgehead atoms. The first-order valence-corrected chi connectivity index (χ1v) is 6.27. The lowest BCUT2D eigenvalue weighted by Gasteiger charge is -2.40. The Bertz CT molecular complexity index is 272. The van der Waals surface area contributed by atoms with Crippen molar-refractivity contribution in [1.82, 2.24) is 0 Å². The molecule has 2 aliphatic heterocycles. The molecule has 3 nitrogen and oxygen atoms in total. The molecule has 0 aromatic rings. The van der Waals surface area contributed by atoms with Crippen LogP contribution in [0.2, 0.25) is 0 Å². The van der Waals surface area contributed by atoms with Gasteiger partial charge in [0.1, 0.15) is 0 Å². The van der Waals surface area contributed by atoms with Gasteiger partial charge in [0.25, 0.3) is 0 Å². The third kappa shape index (κ3) is 2.41. The first-order chi connectivity index (χ1) is 7.62. The molecule has 2 rings (SSSR count). The summed E-state index contributed by atoms with van der Waals surface area (Å²) in [4.78, 5) is 0. The molecule has 1 N–H and O–H groups in total. The van der Waals surface area contributed by atoms with Gasteiger partial charge in [-0.25, -0.2) is 0 Å². The van der Waals surface area contributed by atoms with E-state index in [0.717, 1.165) is 25.0 Å². The molecular weight excluding hydrogens is 204 g/mol. The van der Waals surface area contributed by atoms with Gasteiger partial charge in [-0.3, -0.25) is 0 Å². The second kappa shape index (κ2) is 4.76. The number of hydrogen-bond donors (Lipinski definition) is 1. The molecule has 92 valence electrons. The van der Waals surface area contributed by atoms with Crippen LogP contribution in [0.15, 0.2) is 11.8 Å². The van der Waals surface area contributed by atoms with Crippen LogP contribution in [0.3, 0.4) is 0 Å². The van der Waals surface area contributed by atoms with Crippen LogP contribution < -0.4 is 0 Å². The highest BCUT2D eigenvalue weighted by Gasteiger charge is 2.39. The minimum Gasteiger partial charge on any atom is -0.501 e. The molecule has 3 heteroatoms. The first kappa shape index (κ1) is 11.9. The van der Waals surface area contributed by atoms with Gasteiger partial charge in [-0.1, -0.05) is 13.8 Å². The van der Waals surface area contributed by atoms with E-state index < -0.39 is 5.60 Å². The van der Waals surface area contributed by atoms with Crippen LogP contribution in [0.1, 0.15) is 39.5 Å². The van der Waals surface area contributed by atoms with Gasteiger partial charge in [0.15, 0.2) is 0 Å². The minimum absolute atomic E-state index is 0.168. The molecule has 0 radical (unpaired) electrons. The zero-order valence-corrected chi connectivity index (χ0v) is 10.2. The lowest BCUT2D eigenvalue weighted by atomic mass is 9.79. The fraction of sp³-hybridized carbons (Fsp3) is 0.846. The van der Waals surface area contributed by atoms with Crippen LogP contribution in [-0.4, -0.2) is 30.0 Å². The second-order valence-electron chi connectivity index (χ2n) is 5.26. The third-order valence-electron chi connectivity index (χ3n) is 3.66. The van der Waals surface area contributed by atoms with Crippen molar-refractivity contribution in [3.63, 3.8) is 0 Å². The standard InChI is InChI=1S/C13H22O3/c1-10(2)12-8-13(14,5-7-16-12)11-4-3-6-15-9-11/h9-10,12,14H,3-8H2,1-2H3. The number of aliphatic hydroxyl groups is 1. The van der Waals surface area contributed by atoms with E-state index in [0.29, 0.717) is 25.4 Å². The zero-order valence-electron chi connectivity index (χ0n) is 10.2. The first-order valence-electron chi connectivity index (χ1n) is 6.27. The molecular formula is C13H22O3. The van der Waals surface area contributed by atoms with Crippen LogP contribution in [0.5, 0.6) is 0 Å². The fourth-order valence-corrected chi connectivity index (χ4v) is 2.50. The van der Waals surface area contributed by atoms with E-state index in [9.17, 15) is 5.11 Å². The second-order valence-corrected chi connectivity index (χ2v) is 5.26. The Hall–Kier alpha value is -0.540. The molecule has 0 spiro atoms. The van der Waals surface area contributed by atoms with E-state index in [4.69, 9.17) is 9.47 Å². The Morgan fingerprint density at radius 1 is 1.44 bits per heavy atom. The molecule has 0 aromatic carbocycles. The lowest BCUT2D eigenvalue weighted by Crippen LogP contribution is -2.44. The maximum Gasteiger partial charge on any atom is 0.0935 e. The molecule has 2 heterocycles. The summed E-state index contributed by atoms with van der Waals surface area (Å²) in [6.45, 7) is 5.71. The quantitative estimate of drug-likeness (QED) is 0.785. The van der Waals surface area contributed by atoms with Crippen molar-refractivity contribution in [3.05, 3.63) is 11.8 Å². The maximum atomic E-state index is 10.7. The SMILES string of the molecule is CC(C)C1CC(O)(C2=COCCC2)CCO1. The molecule has 0 aliphatic carbocycles. The Morgan fingerprint density at radius 2 is 2.25 bits per heavy atom. The fourth-order valence-electron chi connectivity index (χ4n) is 2.50. The molecule has 0 aromatic heterocycles. The summed E-state index contributed by atoms with van der Waals surface area (Å²) in [6, 6.07) is 0. The highest BCUT2D eigenvalue weighted by Crippen LogP contribution is 2.37. The largest absolute Gasteiger partial charge is 0.501 e. The van der Waals surface area contributed by atoms with Crippen LogP contribution >= 0.6 is 0 Å². The van der Waals surface area contributed by atoms with Crippen molar-refractivity contribution in [1.29, 1.82) is 0 Å². The van der Waals surface area contributed by atoms with Gasteiger partial charge in [0.05, 0.1) is 31.2 Å². The van der Waals surface area contributed by atoms with Crippen molar-refractivity contribution >= 4 is 0 Å². The van der Waals surface area contributed by atoms with E-state index in [2.05, 4.69) is 13.8 Å². The van der Waals surface area contributed by atoms with Gasteiger partial charge in [0, 0.05) is 12.8 Å². The molecule has 1 fully saturated rings. The van der Waals surface area contributed by atoms with E-state index in [1.165, 1.54) is 0 Å². The topological polar surface area (TPSA) is 38.7 Å². The van der Waals surface area contributed by atoms with E-state index in [1.807, 2.05) is 0 Å². The van der Waals surface area contributed by atoms with Gasteiger partial charge >= 0.3 is 0 Å². The number of rotatable bonds is 2. The molecule has 0 amide bonds. The maximum absolute atomic E-state index is 10.7. The summed E-state index contributed by atoms with van der Waals surface area (Å²) >= 11 is 0. The summed E-state index contributed by atoms with van der Waals surface area (Å²) in [6.07, 6.45) is 5.32. The summed E-state index contributed by atoms with van der Waals surface area (Å²) in [5.74, 6) is 0.455. The van der Waals surface area contributed by atoms with Gasteiger partial charge in [0.2, 0.25) is 0 Å². The predicted octanol–water partition coefficient (Wildman–Crippen LogP) is 2.25. The number of ether oxygens (including phenoxy) is 2. The zero-order chi connectivity index (χ0) is 11.6. The highest BCUT2D eigenvalue weighted by atomic mass is 16.5. The van der Waals surface area contributed by atoms with E-state index in [1.54, 1.807) is 6.26 Å². The summed E-state index contributed by atoms with van der Waals surface area (Å²) < 4.78 is 11.0. The smallest absolute Gasteiger partial charge is 0.0935 e. The van der Waals surface area contributed by atoms with E-state index in [-0.39, 0.29) is 6.10 Å². The highest BCUT2D eigenvalue weighted by molar-refractivity contribution is 5.17. The van der Waals surface area contributed by atoms with Crippen LogP contribution in [0, 0.1) is 5.92 Å². The minimum atomic E-state index is -0.687. The van der Waals surface area contributed by atoms with Crippen molar-refractivity contribution in [3.8, 4) is 0 Å². The normalized spacial score (nSPS) is 35.8. The van der Waals surface area contributed by atoms with Gasteiger partial charge in [-0.15, -0.1) is 0 Å². The monoisotopic (exact) mass is 226 g/mol. The Kier molecular flexibility index (Phi) is 3.55. The summed E-state index contributed by atoms with van der Waals surface area (Å²) in [7, 11) is 0. The van der Waals surface area contributed by atoms with Crippen molar-refractivity contribution in [2.45, 2.75) is 51.2 Å². The lowest BCUT2D eigenvalue weighted by molar-refractivity contribution is -0.103. The molecule has 2 atom stereocenters. The molecule has 0 saturated carbocycles. The summed E-state index contributed by atoms with van der Waals surface area (Å²) in [5, 5.41) is 10.7. The van der Waals surface area contributed by atoms with Crippen molar-refractivity contribution in [2.24, 2.45) is 5.92 Å². The van der Waals surface area contributed by atoms with Gasteiger partial charge in [-0.2, -0.15) is 0 Å². The number of hydrogen-bond acceptors (Lipinski definition) is 3. The third-order valence-corrected chi connectivity index (χ3v) is 3.66. The van der Waals surface area contributed by atoms with Gasteiger partial charge < -0.3 is 14.6 Å². The van der Waals surface area contributed by atoms with Crippen LogP contribution in [0.25, 0.3) is 0 Å². The predicted molar refractivity (Wildman–Crippen MR) is 62.0 cm³/mol. The van der Waals surface area contributed by atoms with E-state index >= 15 is 0 Å². The molecule has 2 aliphatic rings. The Morgan fingerprint density at radius 3 is 2.88 bits per heavy atom. The van der Waals surface area contributed by atoms with Crippen LogP contribution in [0.4, 0.5) is 0 Å². The van der Waals surface area contributed by atoms with Crippen molar-refractivity contribution in [2.75, 3.05) is 13.2 Å². The Balaban J connectivity index is 2.08. The van der Waals surface area contributed by atoms with Gasteiger partial charge in [-0.05, 0) is 24.3 Å². The Labute approximate surface area is 97.4 Å². The molecule has 2 unspecified atom stereocenters. The average Bonchev–Trinajstić information content (AvgIpc) is 2.30. The average molecular weight is 226 g/mol. The molecule has 1 saturated heterocycles. The van der Waals surface area contributed by atoms with Crippen LogP contribution in [-0.2, 0) is 9.47 Å². The van der Waals surface area contributed by atoms with Crippen molar-refractivity contribution < 1.29 is 14.6 Å². The molecule has 16 heavy (non-hydrogen) atoms. The summed E-state index contributed by atoms with van der Waals surface area (Å²) in [5.41, 5.74) is 0.376.